The topological polar surface area (TPSA) is 214 Å². The zero-order valence-electron chi connectivity index (χ0n) is 13.1. The molecule has 10 heteroatoms. The van der Waals surface area contributed by atoms with Crippen LogP contribution in [0.4, 0.5) is 0 Å². The Morgan fingerprint density at radius 3 is 0.684 bits per heavy atom. The van der Waals surface area contributed by atoms with Crippen molar-refractivity contribution < 1.29 is 32.8 Å². The van der Waals surface area contributed by atoms with Gasteiger partial charge in [0.1, 0.15) is 0 Å². The number of aliphatic hydroxyl groups excluding tert-OH is 3. The minimum atomic E-state index is -5.17. The summed E-state index contributed by atoms with van der Waals surface area (Å²) in [7, 11) is -5.17. The molecule has 0 aliphatic rings. The van der Waals surface area contributed by atoms with Crippen molar-refractivity contribution in [2.24, 2.45) is 0 Å². The molecule has 0 aromatic heterocycles. The van der Waals surface area contributed by atoms with Crippen LogP contribution in [0, 0.1) is 0 Å². The van der Waals surface area contributed by atoms with E-state index in [0.717, 1.165) is 0 Å². The summed E-state index contributed by atoms with van der Waals surface area (Å²) < 4.78 is 34.1. The average Bonchev–Trinajstić information content (AvgIpc) is 1.73. The third-order valence-corrected chi connectivity index (χ3v) is 0. The van der Waals surface area contributed by atoms with Crippen LogP contribution in [-0.4, -0.2) is 51.2 Å². The lowest BCUT2D eigenvalue weighted by Gasteiger charge is -2.06. The summed E-state index contributed by atoms with van der Waals surface area (Å²) >= 11 is 0. The van der Waals surface area contributed by atoms with Crippen molar-refractivity contribution in [3.63, 3.8) is 0 Å². The molecule has 0 saturated carbocycles. The first kappa shape index (κ1) is 36.3. The Morgan fingerprint density at radius 1 is 0.684 bits per heavy atom. The van der Waals surface area contributed by atoms with Gasteiger partial charge >= 0.3 is 0 Å². The van der Waals surface area contributed by atoms with Crippen molar-refractivity contribution in [1.82, 2.24) is 12.3 Å². The number of hydrogen-bond donors (Lipinski definition) is 5. The van der Waals surface area contributed by atoms with E-state index in [2.05, 4.69) is 0 Å². The maximum Gasteiger partial charge on any atom is 0.0483 e. The van der Waals surface area contributed by atoms with E-state index in [1.165, 1.54) is 0 Å². The van der Waals surface area contributed by atoms with Crippen LogP contribution < -0.4 is 12.3 Å². The maximum absolute atomic E-state index is 8.52. The van der Waals surface area contributed by atoms with Gasteiger partial charge in [-0.25, -0.2) is 0 Å². The summed E-state index contributed by atoms with van der Waals surface area (Å²) in [6.45, 7) is 10.3. The molecule has 0 saturated heterocycles. The van der Waals surface area contributed by atoms with Gasteiger partial charge in [0, 0.05) is 28.7 Å². The predicted molar refractivity (Wildman–Crippen MR) is 74.5 cm³/mol. The van der Waals surface area contributed by atoms with Crippen LogP contribution in [0.3, 0.4) is 0 Å². The van der Waals surface area contributed by atoms with E-state index in [9.17, 15) is 0 Å². The number of aliphatic hydroxyl groups is 3. The van der Waals surface area contributed by atoms with Crippen molar-refractivity contribution in [1.29, 1.82) is 0 Å². The Morgan fingerprint density at radius 2 is 0.684 bits per heavy atom. The first-order valence-electron chi connectivity index (χ1n) is 4.91. The summed E-state index contributed by atoms with van der Waals surface area (Å²) in [4.78, 5) is 0. The van der Waals surface area contributed by atoms with Crippen molar-refractivity contribution in [2.45, 2.75) is 59.9 Å². The van der Waals surface area contributed by atoms with Crippen LogP contribution in [-0.2, 0) is 10.4 Å². The quantitative estimate of drug-likeness (QED) is 0.316. The van der Waals surface area contributed by atoms with E-state index in [1.807, 2.05) is 0 Å². The predicted octanol–water partition coefficient (Wildman–Crippen LogP) is 0.576. The molecule has 126 valence electrons. The molecule has 0 atom stereocenters. The first-order valence-corrected chi connectivity index (χ1v) is 6.24. The number of rotatable bonds is 0. The fraction of sp³-hybridized carbons (Fsp3) is 1.00. The van der Waals surface area contributed by atoms with E-state index in [4.69, 9.17) is 32.8 Å². The van der Waals surface area contributed by atoms with Gasteiger partial charge in [-0.2, -0.15) is 0 Å². The minimum Gasteiger partial charge on any atom is -0.759 e. The Kier molecular flexibility index (Phi) is 43.6. The molecule has 0 aliphatic carbocycles. The molecular weight excluding hydrogens is 280 g/mol. The Bertz CT molecular complexity index is 188. The Balaban J connectivity index is -0.0000000288. The molecule has 0 spiro atoms. The van der Waals surface area contributed by atoms with Gasteiger partial charge in [-0.05, 0) is 41.5 Å². The van der Waals surface area contributed by atoms with Gasteiger partial charge in [0.15, 0.2) is 0 Å². The molecule has 0 aliphatic heterocycles. The first-order chi connectivity index (χ1) is 7.20. The lowest BCUT2D eigenvalue weighted by atomic mass is 10.5. The van der Waals surface area contributed by atoms with Crippen LogP contribution in [0.5, 0.6) is 0 Å². The van der Waals surface area contributed by atoms with Gasteiger partial charge < -0.3 is 36.7 Å². The van der Waals surface area contributed by atoms with Gasteiger partial charge in [0.25, 0.3) is 0 Å². The molecule has 0 amide bonds. The van der Waals surface area contributed by atoms with Gasteiger partial charge in [-0.1, -0.05) is 0 Å². The van der Waals surface area contributed by atoms with Crippen molar-refractivity contribution in [2.75, 3.05) is 0 Å². The largest absolute Gasteiger partial charge is 0.759 e. The van der Waals surface area contributed by atoms with E-state index in [-0.39, 0.29) is 30.6 Å². The van der Waals surface area contributed by atoms with E-state index < -0.39 is 10.4 Å². The van der Waals surface area contributed by atoms with Gasteiger partial charge in [-0.3, -0.25) is 8.42 Å². The Hall–Kier alpha value is -0.330. The molecular formula is C9H32N2O7S. The highest BCUT2D eigenvalue weighted by Crippen LogP contribution is 1.65. The summed E-state index contributed by atoms with van der Waals surface area (Å²) in [5.74, 6) is 0. The van der Waals surface area contributed by atoms with Crippen molar-refractivity contribution >= 4 is 10.4 Å². The summed E-state index contributed by atoms with van der Waals surface area (Å²) in [6.07, 6.45) is -0.500. The van der Waals surface area contributed by atoms with Crippen LogP contribution in [0.25, 0.3) is 0 Å². The summed E-state index contributed by atoms with van der Waals surface area (Å²) in [5.41, 5.74) is 0. The molecule has 0 fully saturated rings. The Labute approximate surface area is 116 Å². The minimum absolute atomic E-state index is 0. The van der Waals surface area contributed by atoms with Crippen molar-refractivity contribution in [3.8, 4) is 0 Å². The number of hydrogen-bond acceptors (Lipinski definition) is 7. The highest BCUT2D eigenvalue weighted by molar-refractivity contribution is 7.79. The second-order valence-corrected chi connectivity index (χ2v) is 4.51. The highest BCUT2D eigenvalue weighted by Gasteiger charge is 1.70. The van der Waals surface area contributed by atoms with Gasteiger partial charge in [0.2, 0.25) is 0 Å². The van der Waals surface area contributed by atoms with Gasteiger partial charge in [0.05, 0.1) is 0 Å². The fourth-order valence-electron chi connectivity index (χ4n) is 0. The molecule has 0 unspecified atom stereocenters. The molecule has 0 aromatic rings. The molecule has 0 rings (SSSR count). The lowest BCUT2D eigenvalue weighted by molar-refractivity contribution is 0.215. The van der Waals surface area contributed by atoms with Crippen LogP contribution in [0.15, 0.2) is 0 Å². The van der Waals surface area contributed by atoms with E-state index in [0.29, 0.717) is 0 Å². The molecule has 0 aromatic carbocycles. The molecule has 0 radical (unpaired) electrons. The average molecular weight is 312 g/mol. The second-order valence-electron chi connectivity index (χ2n) is 3.69. The fourth-order valence-corrected chi connectivity index (χ4v) is 0. The smallest absolute Gasteiger partial charge is 0.0483 e. The maximum atomic E-state index is 8.52. The molecule has 0 heterocycles. The monoisotopic (exact) mass is 312 g/mol. The van der Waals surface area contributed by atoms with Crippen molar-refractivity contribution in [3.05, 3.63) is 0 Å². The molecule has 11 N–H and O–H groups in total. The summed E-state index contributed by atoms with van der Waals surface area (Å²) in [5, 5.41) is 24.2. The van der Waals surface area contributed by atoms with Crippen LogP contribution in [0.1, 0.15) is 41.5 Å². The molecule has 19 heavy (non-hydrogen) atoms. The standard InChI is InChI=1S/3C3H8O.2H3N.H2O4S/c3*1-3(2)4;;;1-5(2,3)4/h3*3-4H,1-2H3;2*1H3;(H2,1,2,3,4). The third kappa shape index (κ3) is 39800. The SMILES string of the molecule is CC(C)O.CC(C)O.CC(C)O.O=S(=O)([O-])[O-].[NH4+].[NH4+]. The lowest BCUT2D eigenvalue weighted by Crippen LogP contribution is -1.91. The summed E-state index contributed by atoms with van der Waals surface area (Å²) in [6, 6.07) is 0. The third-order valence-electron chi connectivity index (χ3n) is 0. The van der Waals surface area contributed by atoms with Crippen LogP contribution >= 0.6 is 0 Å². The normalized spacial score (nSPS) is 8.74. The number of quaternary nitrogens is 2. The zero-order valence-corrected chi connectivity index (χ0v) is 13.9. The van der Waals surface area contributed by atoms with E-state index >= 15 is 0 Å². The zero-order chi connectivity index (χ0) is 15.2. The highest BCUT2D eigenvalue weighted by atomic mass is 32.3. The van der Waals surface area contributed by atoms with Gasteiger partial charge in [-0.15, -0.1) is 0 Å². The van der Waals surface area contributed by atoms with Crippen LogP contribution in [0.2, 0.25) is 0 Å². The molecule has 9 nitrogen and oxygen atoms in total. The molecule has 0 bridgehead atoms. The second kappa shape index (κ2) is 22.8. The van der Waals surface area contributed by atoms with E-state index in [1.54, 1.807) is 41.5 Å².